The first-order valence-corrected chi connectivity index (χ1v) is 8.41. The molecular weight excluding hydrogens is 268 g/mol. The summed E-state index contributed by atoms with van der Waals surface area (Å²) in [4.78, 5) is 2.03. The molecule has 0 amide bonds. The zero-order valence-electron chi connectivity index (χ0n) is 13.3. The summed E-state index contributed by atoms with van der Waals surface area (Å²) in [7, 11) is 0. The molecule has 2 saturated carbocycles. The molecule has 0 saturated heterocycles. The highest BCUT2D eigenvalue weighted by molar-refractivity contribution is 5.00. The molecule has 21 heavy (non-hydrogen) atoms. The van der Waals surface area contributed by atoms with Crippen molar-refractivity contribution in [1.29, 1.82) is 0 Å². The van der Waals surface area contributed by atoms with E-state index in [1.807, 2.05) is 4.90 Å². The lowest BCUT2D eigenvalue weighted by Crippen LogP contribution is -2.58. The predicted molar refractivity (Wildman–Crippen MR) is 83.0 cm³/mol. The molecule has 4 N–H and O–H groups in total. The second-order valence-electron chi connectivity index (χ2n) is 7.08. The molecular formula is C16H32N2O3. The van der Waals surface area contributed by atoms with Gasteiger partial charge in [0.05, 0.1) is 25.9 Å². The van der Waals surface area contributed by atoms with E-state index in [-0.39, 0.29) is 24.9 Å². The maximum Gasteiger partial charge on any atom is 0.0780 e. The van der Waals surface area contributed by atoms with Gasteiger partial charge in [-0.2, -0.15) is 0 Å². The number of ether oxygens (including phenoxy) is 1. The van der Waals surface area contributed by atoms with Crippen LogP contribution < -0.4 is 5.73 Å². The molecule has 4 atom stereocenters. The highest BCUT2D eigenvalue weighted by Crippen LogP contribution is 2.44. The van der Waals surface area contributed by atoms with Crippen LogP contribution in [0.25, 0.3) is 0 Å². The van der Waals surface area contributed by atoms with Gasteiger partial charge < -0.3 is 20.7 Å². The van der Waals surface area contributed by atoms with Crippen LogP contribution in [0.15, 0.2) is 0 Å². The van der Waals surface area contributed by atoms with Crippen LogP contribution in [0, 0.1) is 11.8 Å². The molecule has 0 aromatic rings. The molecule has 2 aliphatic carbocycles. The quantitative estimate of drug-likeness (QED) is 0.611. The zero-order valence-corrected chi connectivity index (χ0v) is 13.3. The van der Waals surface area contributed by atoms with Crippen LogP contribution in [-0.2, 0) is 4.74 Å². The topological polar surface area (TPSA) is 79.0 Å². The van der Waals surface area contributed by atoms with E-state index in [2.05, 4.69) is 6.92 Å². The van der Waals surface area contributed by atoms with Crippen LogP contribution in [0.4, 0.5) is 0 Å². The molecule has 0 heterocycles. The lowest BCUT2D eigenvalue weighted by molar-refractivity contribution is -0.0873. The Balaban J connectivity index is 1.82. The highest BCUT2D eigenvalue weighted by Gasteiger charge is 2.45. The molecule has 0 aliphatic heterocycles. The average molecular weight is 300 g/mol. The Morgan fingerprint density at radius 2 is 1.90 bits per heavy atom. The molecule has 0 spiro atoms. The third-order valence-corrected chi connectivity index (χ3v) is 5.17. The van der Waals surface area contributed by atoms with Crippen molar-refractivity contribution >= 4 is 0 Å². The summed E-state index contributed by atoms with van der Waals surface area (Å²) in [5, 5.41) is 18.1. The van der Waals surface area contributed by atoms with Crippen molar-refractivity contribution < 1.29 is 14.9 Å². The van der Waals surface area contributed by atoms with Crippen LogP contribution in [0.5, 0.6) is 0 Å². The normalized spacial score (nSPS) is 36.1. The maximum atomic E-state index is 9.03. The summed E-state index contributed by atoms with van der Waals surface area (Å²) in [6.45, 7) is 4.90. The summed E-state index contributed by atoms with van der Waals surface area (Å²) < 4.78 is 6.18. The van der Waals surface area contributed by atoms with E-state index >= 15 is 0 Å². The highest BCUT2D eigenvalue weighted by atomic mass is 16.5. The number of nitrogens with two attached hydrogens (primary N) is 1. The lowest BCUT2D eigenvalue weighted by atomic mass is 9.64. The van der Waals surface area contributed by atoms with Crippen molar-refractivity contribution in [2.75, 3.05) is 39.5 Å². The zero-order chi connectivity index (χ0) is 15.3. The van der Waals surface area contributed by atoms with E-state index < -0.39 is 0 Å². The fraction of sp³-hybridized carbons (Fsp3) is 1.00. The predicted octanol–water partition coefficient (Wildman–Crippen LogP) is 0.586. The van der Waals surface area contributed by atoms with Crippen LogP contribution in [0.1, 0.15) is 39.0 Å². The molecule has 2 aliphatic rings. The number of aliphatic hydroxyl groups is 2. The van der Waals surface area contributed by atoms with Crippen LogP contribution in [0.3, 0.4) is 0 Å². The summed E-state index contributed by atoms with van der Waals surface area (Å²) in [6, 6.07) is 0. The van der Waals surface area contributed by atoms with Crippen molar-refractivity contribution in [1.82, 2.24) is 4.90 Å². The molecule has 4 unspecified atom stereocenters. The van der Waals surface area contributed by atoms with E-state index in [1.54, 1.807) is 0 Å². The Morgan fingerprint density at radius 1 is 1.19 bits per heavy atom. The van der Waals surface area contributed by atoms with Gasteiger partial charge >= 0.3 is 0 Å². The van der Waals surface area contributed by atoms with Crippen molar-refractivity contribution in [3.05, 3.63) is 0 Å². The maximum absolute atomic E-state index is 9.03. The van der Waals surface area contributed by atoms with Gasteiger partial charge in [0.15, 0.2) is 0 Å². The number of nitrogens with zero attached hydrogens (tertiary/aromatic N) is 1. The van der Waals surface area contributed by atoms with E-state index in [1.165, 1.54) is 25.7 Å². The Morgan fingerprint density at radius 3 is 2.57 bits per heavy atom. The second-order valence-corrected chi connectivity index (χ2v) is 7.08. The Labute approximate surface area is 128 Å². The SMILES string of the molecule is CC1(N)CC2CCCC(C2)C1OCCN(CCO)CCO. The molecule has 0 aromatic heterocycles. The Kier molecular flexibility index (Phi) is 6.44. The molecule has 2 rings (SSSR count). The second kappa shape index (κ2) is 7.88. The van der Waals surface area contributed by atoms with Gasteiger partial charge in [-0.25, -0.2) is 0 Å². The first kappa shape index (κ1) is 17.2. The summed E-state index contributed by atoms with van der Waals surface area (Å²) in [6.07, 6.45) is 6.38. The van der Waals surface area contributed by atoms with E-state index in [0.29, 0.717) is 25.6 Å². The summed E-state index contributed by atoms with van der Waals surface area (Å²) in [5.74, 6) is 1.40. The third-order valence-electron chi connectivity index (χ3n) is 5.17. The van der Waals surface area contributed by atoms with Crippen LogP contribution in [-0.4, -0.2) is 66.2 Å². The van der Waals surface area contributed by atoms with Crippen molar-refractivity contribution in [2.45, 2.75) is 50.7 Å². The van der Waals surface area contributed by atoms with Gasteiger partial charge in [0.2, 0.25) is 0 Å². The van der Waals surface area contributed by atoms with Gasteiger partial charge in [-0.05, 0) is 38.0 Å². The molecule has 5 nitrogen and oxygen atoms in total. The minimum atomic E-state index is -0.215. The molecule has 124 valence electrons. The van der Waals surface area contributed by atoms with Crippen molar-refractivity contribution in [3.63, 3.8) is 0 Å². The summed E-state index contributed by atoms with van der Waals surface area (Å²) in [5.41, 5.74) is 6.31. The largest absolute Gasteiger partial charge is 0.395 e. The van der Waals surface area contributed by atoms with Gasteiger partial charge in [-0.1, -0.05) is 12.8 Å². The van der Waals surface area contributed by atoms with Gasteiger partial charge in [-0.15, -0.1) is 0 Å². The third kappa shape index (κ3) is 4.63. The van der Waals surface area contributed by atoms with Gasteiger partial charge in [-0.3, -0.25) is 4.90 Å². The molecule has 0 aromatic carbocycles. The lowest BCUT2D eigenvalue weighted by Gasteiger charge is -2.49. The van der Waals surface area contributed by atoms with Crippen molar-refractivity contribution in [3.8, 4) is 0 Å². The minimum absolute atomic E-state index is 0.113. The van der Waals surface area contributed by atoms with E-state index in [4.69, 9.17) is 20.7 Å². The van der Waals surface area contributed by atoms with Gasteiger partial charge in [0.1, 0.15) is 0 Å². The minimum Gasteiger partial charge on any atom is -0.395 e. The smallest absolute Gasteiger partial charge is 0.0780 e. The number of aliphatic hydroxyl groups excluding tert-OH is 2. The number of hydrogen-bond donors (Lipinski definition) is 3. The fourth-order valence-corrected chi connectivity index (χ4v) is 4.32. The first-order chi connectivity index (χ1) is 10.1. The first-order valence-electron chi connectivity index (χ1n) is 8.41. The van der Waals surface area contributed by atoms with Gasteiger partial charge in [0.25, 0.3) is 0 Å². The number of hydrogen-bond acceptors (Lipinski definition) is 5. The fourth-order valence-electron chi connectivity index (χ4n) is 4.32. The molecule has 0 radical (unpaired) electrons. The van der Waals surface area contributed by atoms with Crippen molar-refractivity contribution in [2.24, 2.45) is 17.6 Å². The molecule has 2 bridgehead atoms. The van der Waals surface area contributed by atoms with E-state index in [0.717, 1.165) is 18.9 Å². The average Bonchev–Trinajstić information content (AvgIpc) is 2.42. The molecule has 5 heteroatoms. The standard InChI is InChI=1S/C16H32N2O3/c1-16(17)12-13-3-2-4-14(11-13)15(16)21-10-7-18(5-8-19)6-9-20/h13-15,19-20H,2-12,17H2,1H3. The van der Waals surface area contributed by atoms with E-state index in [9.17, 15) is 0 Å². The van der Waals surface area contributed by atoms with Crippen LogP contribution in [0.2, 0.25) is 0 Å². The summed E-state index contributed by atoms with van der Waals surface area (Å²) >= 11 is 0. The Hall–Kier alpha value is -0.200. The monoisotopic (exact) mass is 300 g/mol. The Bertz CT molecular complexity index is 306. The van der Waals surface area contributed by atoms with Crippen LogP contribution >= 0.6 is 0 Å². The number of fused-ring (bicyclic) bond motifs is 2. The molecule has 2 fully saturated rings. The number of rotatable bonds is 8. The van der Waals surface area contributed by atoms with Gasteiger partial charge in [0, 0.05) is 25.2 Å².